The fourth-order valence-electron chi connectivity index (χ4n) is 2.56. The summed E-state index contributed by atoms with van der Waals surface area (Å²) in [7, 11) is 1.73. The predicted molar refractivity (Wildman–Crippen MR) is 90.2 cm³/mol. The van der Waals surface area contributed by atoms with Crippen molar-refractivity contribution in [2.24, 2.45) is 11.3 Å². The van der Waals surface area contributed by atoms with Crippen LogP contribution in [0, 0.1) is 11.3 Å². The van der Waals surface area contributed by atoms with Crippen LogP contribution in [0.15, 0.2) is 22.7 Å². The number of hydrogen-bond donors (Lipinski definition) is 0. The lowest BCUT2D eigenvalue weighted by molar-refractivity contribution is 0.296. The number of hydrogen-bond acceptors (Lipinski definition) is 1. The number of alkyl halides is 1. The number of rotatable bonds is 5. The summed E-state index contributed by atoms with van der Waals surface area (Å²) in [6, 6.07) is 6.17. The molecule has 1 aromatic rings. The van der Waals surface area contributed by atoms with Gasteiger partial charge in [-0.3, -0.25) is 0 Å². The van der Waals surface area contributed by atoms with Gasteiger partial charge >= 0.3 is 0 Å². The van der Waals surface area contributed by atoms with Gasteiger partial charge in [-0.05, 0) is 42.4 Å². The van der Waals surface area contributed by atoms with Crippen LogP contribution in [0.4, 0.5) is 0 Å². The molecule has 1 rings (SSSR count). The monoisotopic (exact) mass is 390 g/mol. The Kier molecular flexibility index (Phi) is 6.38. The van der Waals surface area contributed by atoms with Crippen molar-refractivity contribution >= 4 is 31.9 Å². The molecule has 0 aliphatic heterocycles. The van der Waals surface area contributed by atoms with Crippen molar-refractivity contribution < 1.29 is 4.74 Å². The molecule has 0 fully saturated rings. The fourth-order valence-corrected chi connectivity index (χ4v) is 3.93. The van der Waals surface area contributed by atoms with E-state index in [4.69, 9.17) is 4.74 Å². The van der Waals surface area contributed by atoms with Crippen molar-refractivity contribution in [1.82, 2.24) is 0 Å². The molecule has 2 unspecified atom stereocenters. The van der Waals surface area contributed by atoms with Crippen LogP contribution >= 0.6 is 31.9 Å². The zero-order valence-corrected chi connectivity index (χ0v) is 15.6. The van der Waals surface area contributed by atoms with E-state index in [1.807, 2.05) is 12.1 Å². The molecule has 0 aromatic heterocycles. The second-order valence-corrected chi connectivity index (χ2v) is 8.48. The Morgan fingerprint density at radius 1 is 1.26 bits per heavy atom. The van der Waals surface area contributed by atoms with Crippen LogP contribution in [0.5, 0.6) is 5.75 Å². The maximum absolute atomic E-state index is 5.45. The largest absolute Gasteiger partial charge is 0.496 e. The Bertz CT molecular complexity index is 410. The summed E-state index contributed by atoms with van der Waals surface area (Å²) in [5, 5.41) is 0. The summed E-state index contributed by atoms with van der Waals surface area (Å²) in [5.74, 6) is 1.63. The summed E-state index contributed by atoms with van der Waals surface area (Å²) < 4.78 is 6.55. The van der Waals surface area contributed by atoms with E-state index in [2.05, 4.69) is 65.6 Å². The molecule has 3 heteroatoms. The molecule has 1 nitrogen and oxygen atoms in total. The second kappa shape index (κ2) is 7.12. The fraction of sp³-hybridized carbons (Fsp3) is 0.625. The van der Waals surface area contributed by atoms with Crippen molar-refractivity contribution in [1.29, 1.82) is 0 Å². The lowest BCUT2D eigenvalue weighted by Gasteiger charge is -2.25. The van der Waals surface area contributed by atoms with Gasteiger partial charge in [0.1, 0.15) is 5.75 Å². The molecule has 0 bridgehead atoms. The maximum Gasteiger partial charge on any atom is 0.123 e. The minimum absolute atomic E-state index is 0.331. The van der Waals surface area contributed by atoms with Crippen LogP contribution in [0.2, 0.25) is 0 Å². The Hall–Kier alpha value is -0.0200. The average Bonchev–Trinajstić information content (AvgIpc) is 2.26. The quantitative estimate of drug-likeness (QED) is 0.530. The van der Waals surface area contributed by atoms with Gasteiger partial charge in [-0.15, -0.1) is 0 Å². The van der Waals surface area contributed by atoms with E-state index in [9.17, 15) is 0 Å². The Balaban J connectivity index is 2.77. The third kappa shape index (κ3) is 5.86. The van der Waals surface area contributed by atoms with Gasteiger partial charge in [0, 0.05) is 14.9 Å². The highest BCUT2D eigenvalue weighted by Crippen LogP contribution is 2.39. The molecule has 0 spiro atoms. The third-order valence-electron chi connectivity index (χ3n) is 3.10. The van der Waals surface area contributed by atoms with E-state index in [-0.39, 0.29) is 0 Å². The minimum Gasteiger partial charge on any atom is -0.496 e. The first-order chi connectivity index (χ1) is 8.73. The van der Waals surface area contributed by atoms with Gasteiger partial charge in [-0.2, -0.15) is 0 Å². The number of ether oxygens (including phenoxy) is 1. The summed E-state index contributed by atoms with van der Waals surface area (Å²) >= 11 is 7.35. The van der Waals surface area contributed by atoms with Gasteiger partial charge in [0.2, 0.25) is 0 Å². The first kappa shape index (κ1) is 17.0. The Morgan fingerprint density at radius 3 is 2.42 bits per heavy atom. The molecule has 0 aliphatic rings. The summed E-state index contributed by atoms with van der Waals surface area (Å²) in [6.45, 7) is 9.22. The summed E-state index contributed by atoms with van der Waals surface area (Å²) in [6.07, 6.45) is 2.34. The van der Waals surface area contributed by atoms with Gasteiger partial charge in [0.05, 0.1) is 7.11 Å². The standard InChI is InChI=1S/C16H24Br2O/c1-11(10-16(2,3)4)8-14(18)13-9-12(17)6-7-15(13)19-5/h6-7,9,11,14H,8,10H2,1-5H3. The van der Waals surface area contributed by atoms with Gasteiger partial charge in [0.15, 0.2) is 0 Å². The van der Waals surface area contributed by atoms with Crippen LogP contribution in [0.3, 0.4) is 0 Å². The van der Waals surface area contributed by atoms with Gasteiger partial charge in [-0.25, -0.2) is 0 Å². The molecule has 0 radical (unpaired) electrons. The van der Waals surface area contributed by atoms with Gasteiger partial charge in [-0.1, -0.05) is 59.6 Å². The smallest absolute Gasteiger partial charge is 0.123 e. The summed E-state index contributed by atoms with van der Waals surface area (Å²) in [5.41, 5.74) is 1.60. The van der Waals surface area contributed by atoms with Gasteiger partial charge in [0.25, 0.3) is 0 Å². The lowest BCUT2D eigenvalue weighted by atomic mass is 9.83. The van der Waals surface area contributed by atoms with Crippen molar-refractivity contribution in [2.45, 2.75) is 45.4 Å². The van der Waals surface area contributed by atoms with Gasteiger partial charge < -0.3 is 4.74 Å². The van der Waals surface area contributed by atoms with Crippen LogP contribution in [0.1, 0.15) is 50.9 Å². The predicted octanol–water partition coefficient (Wildman–Crippen LogP) is 6.36. The molecule has 2 atom stereocenters. The van der Waals surface area contributed by atoms with E-state index in [1.54, 1.807) is 7.11 Å². The maximum atomic E-state index is 5.45. The highest BCUT2D eigenvalue weighted by molar-refractivity contribution is 9.10. The zero-order chi connectivity index (χ0) is 14.6. The molecule has 19 heavy (non-hydrogen) atoms. The lowest BCUT2D eigenvalue weighted by Crippen LogP contribution is -2.12. The van der Waals surface area contributed by atoms with E-state index in [0.717, 1.165) is 16.6 Å². The van der Waals surface area contributed by atoms with E-state index in [1.165, 1.54) is 12.0 Å². The molecule has 1 aromatic carbocycles. The van der Waals surface area contributed by atoms with Crippen LogP contribution in [0.25, 0.3) is 0 Å². The number of methoxy groups -OCH3 is 1. The van der Waals surface area contributed by atoms with E-state index >= 15 is 0 Å². The zero-order valence-electron chi connectivity index (χ0n) is 12.5. The van der Waals surface area contributed by atoms with Crippen LogP contribution in [-0.2, 0) is 0 Å². The van der Waals surface area contributed by atoms with Crippen LogP contribution in [-0.4, -0.2) is 7.11 Å². The average molecular weight is 392 g/mol. The first-order valence-electron chi connectivity index (χ1n) is 6.70. The second-order valence-electron chi connectivity index (χ2n) is 6.46. The van der Waals surface area contributed by atoms with E-state index < -0.39 is 0 Å². The van der Waals surface area contributed by atoms with Crippen LogP contribution < -0.4 is 4.74 Å². The highest BCUT2D eigenvalue weighted by atomic mass is 79.9. The SMILES string of the molecule is COc1ccc(Br)cc1C(Br)CC(C)CC(C)(C)C. The topological polar surface area (TPSA) is 9.23 Å². The molecule has 0 saturated heterocycles. The molecular weight excluding hydrogens is 368 g/mol. The number of benzene rings is 1. The highest BCUT2D eigenvalue weighted by Gasteiger charge is 2.20. The Labute approximate surface area is 134 Å². The normalized spacial score (nSPS) is 15.1. The van der Waals surface area contributed by atoms with Crippen molar-refractivity contribution in [2.75, 3.05) is 7.11 Å². The number of halogens is 2. The van der Waals surface area contributed by atoms with E-state index in [0.29, 0.717) is 16.2 Å². The molecule has 108 valence electrons. The molecule has 0 heterocycles. The molecule has 0 aliphatic carbocycles. The first-order valence-corrected chi connectivity index (χ1v) is 8.41. The van der Waals surface area contributed by atoms with Crippen molar-refractivity contribution in [3.05, 3.63) is 28.2 Å². The molecular formula is C16H24Br2O. The van der Waals surface area contributed by atoms with Crippen molar-refractivity contribution in [3.63, 3.8) is 0 Å². The molecule has 0 saturated carbocycles. The van der Waals surface area contributed by atoms with Crippen molar-refractivity contribution in [3.8, 4) is 5.75 Å². The third-order valence-corrected chi connectivity index (χ3v) is 4.46. The Morgan fingerprint density at radius 2 is 1.89 bits per heavy atom. The molecule has 0 N–H and O–H groups in total. The summed E-state index contributed by atoms with van der Waals surface area (Å²) in [4.78, 5) is 0.331. The molecule has 0 amide bonds. The minimum atomic E-state index is 0.331.